The van der Waals surface area contributed by atoms with Crippen LogP contribution in [0.1, 0.15) is 53.5 Å². The molecule has 1 heterocycles. The van der Waals surface area contributed by atoms with Crippen LogP contribution in [0.15, 0.2) is 34.9 Å². The van der Waals surface area contributed by atoms with Crippen molar-refractivity contribution >= 4 is 29.5 Å². The number of methoxy groups -OCH3 is 2. The summed E-state index contributed by atoms with van der Waals surface area (Å²) in [6.07, 6.45) is 5.34. The Hall–Kier alpha value is -4.02. The van der Waals surface area contributed by atoms with Crippen LogP contribution in [0, 0.1) is 5.92 Å². The third-order valence-corrected chi connectivity index (χ3v) is 5.75. The van der Waals surface area contributed by atoms with Crippen LogP contribution in [0.2, 0.25) is 0 Å². The molecule has 0 spiro atoms. The van der Waals surface area contributed by atoms with E-state index in [0.717, 1.165) is 25.7 Å². The summed E-state index contributed by atoms with van der Waals surface area (Å²) in [5.41, 5.74) is -0.0330. The first kappa shape index (κ1) is 25.6. The molecule has 11 nitrogen and oxygen atoms in total. The summed E-state index contributed by atoms with van der Waals surface area (Å²) >= 11 is 0. The van der Waals surface area contributed by atoms with Gasteiger partial charge in [-0.2, -0.15) is 0 Å². The molecule has 1 fully saturated rings. The van der Waals surface area contributed by atoms with Gasteiger partial charge in [0.2, 0.25) is 0 Å². The molecule has 0 bridgehead atoms. The van der Waals surface area contributed by atoms with E-state index >= 15 is 0 Å². The number of carbonyl (C=O) groups excluding carboxylic acids is 4. The van der Waals surface area contributed by atoms with Crippen LogP contribution in [0.5, 0.6) is 11.5 Å². The lowest BCUT2D eigenvalue weighted by Gasteiger charge is -2.29. The Bertz CT molecular complexity index is 1070. The van der Waals surface area contributed by atoms with Gasteiger partial charge >= 0.3 is 12.0 Å². The molecule has 0 saturated heterocycles. The molecule has 4 amide bonds. The number of ether oxygens (including phenoxy) is 3. The predicted molar refractivity (Wildman–Crippen MR) is 125 cm³/mol. The van der Waals surface area contributed by atoms with Gasteiger partial charge in [0.05, 0.1) is 31.7 Å². The summed E-state index contributed by atoms with van der Waals surface area (Å²) in [4.78, 5) is 49.5. The molecule has 1 aromatic carbocycles. The van der Waals surface area contributed by atoms with Crippen molar-refractivity contribution in [1.82, 2.24) is 10.6 Å². The monoisotopic (exact) mass is 487 g/mol. The number of imide groups is 1. The van der Waals surface area contributed by atoms with E-state index in [1.165, 1.54) is 38.7 Å². The largest absolute Gasteiger partial charge is 0.493 e. The summed E-state index contributed by atoms with van der Waals surface area (Å²) in [6, 6.07) is 5.05. The van der Waals surface area contributed by atoms with E-state index in [4.69, 9.17) is 18.6 Å². The molecule has 11 heteroatoms. The zero-order valence-electron chi connectivity index (χ0n) is 19.8. The van der Waals surface area contributed by atoms with Gasteiger partial charge in [-0.15, -0.1) is 0 Å². The molecule has 1 saturated carbocycles. The Morgan fingerprint density at radius 2 is 1.77 bits per heavy atom. The SMILES string of the molecule is COc1cc(NC(=O)c2ccco2)c(C(=O)OCC(=O)NC(=O)NC2CCCCC2C)cc1OC. The molecule has 1 aromatic heterocycles. The number of benzene rings is 1. The second kappa shape index (κ2) is 11.9. The van der Waals surface area contributed by atoms with E-state index < -0.39 is 30.4 Å². The summed E-state index contributed by atoms with van der Waals surface area (Å²) in [7, 11) is 2.78. The molecule has 0 aliphatic heterocycles. The first-order chi connectivity index (χ1) is 16.8. The van der Waals surface area contributed by atoms with Gasteiger partial charge in [0.1, 0.15) is 0 Å². The van der Waals surface area contributed by atoms with Gasteiger partial charge in [-0.1, -0.05) is 19.8 Å². The van der Waals surface area contributed by atoms with Gasteiger partial charge in [0.15, 0.2) is 23.9 Å². The zero-order valence-corrected chi connectivity index (χ0v) is 19.8. The molecule has 1 aliphatic rings. The number of furan rings is 1. The fourth-order valence-corrected chi connectivity index (χ4v) is 3.85. The van der Waals surface area contributed by atoms with Crippen molar-refractivity contribution in [3.05, 3.63) is 41.9 Å². The Balaban J connectivity index is 1.65. The summed E-state index contributed by atoms with van der Waals surface area (Å²) in [5.74, 6) is -1.51. The molecular weight excluding hydrogens is 458 g/mol. The van der Waals surface area contributed by atoms with E-state index in [-0.39, 0.29) is 34.6 Å². The molecule has 35 heavy (non-hydrogen) atoms. The molecule has 3 N–H and O–H groups in total. The van der Waals surface area contributed by atoms with Gasteiger partial charge in [0.25, 0.3) is 11.8 Å². The standard InChI is InChI=1S/C24H29N3O8/c1-14-7-4-5-8-16(14)26-24(31)27-21(28)13-35-23(30)15-11-19(32-2)20(33-3)12-17(15)25-22(29)18-9-6-10-34-18/h6,9-12,14,16H,4-5,7-8,13H2,1-3H3,(H,25,29)(H2,26,27,28,31). The molecule has 2 aromatic rings. The van der Waals surface area contributed by atoms with E-state index in [1.807, 2.05) is 0 Å². The highest BCUT2D eigenvalue weighted by Gasteiger charge is 2.25. The van der Waals surface area contributed by atoms with Gasteiger partial charge < -0.3 is 29.3 Å². The number of amides is 4. The highest BCUT2D eigenvalue weighted by atomic mass is 16.5. The lowest BCUT2D eigenvalue weighted by Crippen LogP contribution is -2.48. The molecular formula is C24H29N3O8. The van der Waals surface area contributed by atoms with Crippen LogP contribution in [-0.4, -0.2) is 50.7 Å². The third kappa shape index (κ3) is 6.75. The number of rotatable bonds is 8. The number of carbonyl (C=O) groups is 4. The number of urea groups is 1. The van der Waals surface area contributed by atoms with E-state index in [9.17, 15) is 19.2 Å². The van der Waals surface area contributed by atoms with E-state index in [2.05, 4.69) is 22.9 Å². The Kier molecular flexibility index (Phi) is 8.71. The maximum atomic E-state index is 12.8. The van der Waals surface area contributed by atoms with Crippen molar-refractivity contribution in [1.29, 1.82) is 0 Å². The van der Waals surface area contributed by atoms with Crippen LogP contribution in [-0.2, 0) is 9.53 Å². The zero-order chi connectivity index (χ0) is 25.4. The van der Waals surface area contributed by atoms with Crippen molar-refractivity contribution < 1.29 is 37.8 Å². The third-order valence-electron chi connectivity index (χ3n) is 5.75. The number of hydrogen-bond acceptors (Lipinski definition) is 8. The van der Waals surface area contributed by atoms with Crippen molar-refractivity contribution in [2.75, 3.05) is 26.1 Å². The van der Waals surface area contributed by atoms with Gasteiger partial charge in [-0.25, -0.2) is 9.59 Å². The van der Waals surface area contributed by atoms with Crippen molar-refractivity contribution in [2.45, 2.75) is 38.6 Å². The van der Waals surface area contributed by atoms with Gasteiger partial charge in [0, 0.05) is 18.2 Å². The van der Waals surface area contributed by atoms with Gasteiger partial charge in [-0.05, 0) is 30.9 Å². The quantitative estimate of drug-likeness (QED) is 0.482. The average Bonchev–Trinajstić information content (AvgIpc) is 3.39. The average molecular weight is 488 g/mol. The molecule has 188 valence electrons. The minimum Gasteiger partial charge on any atom is -0.493 e. The number of esters is 1. The first-order valence-electron chi connectivity index (χ1n) is 11.2. The highest BCUT2D eigenvalue weighted by molar-refractivity contribution is 6.07. The number of hydrogen-bond donors (Lipinski definition) is 3. The fraction of sp³-hybridized carbons (Fsp3) is 0.417. The smallest absolute Gasteiger partial charge is 0.340 e. The summed E-state index contributed by atoms with van der Waals surface area (Å²) in [5, 5.41) is 7.52. The van der Waals surface area contributed by atoms with Crippen molar-refractivity contribution in [2.24, 2.45) is 5.92 Å². The predicted octanol–water partition coefficient (Wildman–Crippen LogP) is 3.11. The minimum absolute atomic E-state index is 0.00815. The van der Waals surface area contributed by atoms with Crippen LogP contribution in [0.4, 0.5) is 10.5 Å². The second-order valence-electron chi connectivity index (χ2n) is 8.15. The van der Waals surface area contributed by atoms with Crippen LogP contribution < -0.4 is 25.4 Å². The van der Waals surface area contributed by atoms with Crippen molar-refractivity contribution in [3.8, 4) is 11.5 Å². The Morgan fingerprint density at radius 3 is 2.43 bits per heavy atom. The lowest BCUT2D eigenvalue weighted by atomic mass is 9.86. The first-order valence-corrected chi connectivity index (χ1v) is 11.2. The maximum Gasteiger partial charge on any atom is 0.340 e. The van der Waals surface area contributed by atoms with Crippen molar-refractivity contribution in [3.63, 3.8) is 0 Å². The Morgan fingerprint density at radius 1 is 1.06 bits per heavy atom. The molecule has 0 radical (unpaired) electrons. The molecule has 2 atom stereocenters. The lowest BCUT2D eigenvalue weighted by molar-refractivity contribution is -0.123. The minimum atomic E-state index is -0.919. The summed E-state index contributed by atoms with van der Waals surface area (Å²) < 4.78 is 20.6. The number of anilines is 1. The summed E-state index contributed by atoms with van der Waals surface area (Å²) in [6.45, 7) is 1.35. The molecule has 3 rings (SSSR count). The van der Waals surface area contributed by atoms with Crippen LogP contribution in [0.3, 0.4) is 0 Å². The second-order valence-corrected chi connectivity index (χ2v) is 8.15. The van der Waals surface area contributed by atoms with Gasteiger partial charge in [-0.3, -0.25) is 14.9 Å². The maximum absolute atomic E-state index is 12.8. The van der Waals surface area contributed by atoms with E-state index in [1.54, 1.807) is 6.07 Å². The topological polar surface area (TPSA) is 145 Å². The van der Waals surface area contributed by atoms with Crippen LogP contribution >= 0.6 is 0 Å². The molecule has 1 aliphatic carbocycles. The fourth-order valence-electron chi connectivity index (χ4n) is 3.85. The normalized spacial score (nSPS) is 17.1. The Labute approximate surface area is 202 Å². The number of nitrogens with one attached hydrogen (secondary N) is 3. The molecule has 2 unspecified atom stereocenters. The highest BCUT2D eigenvalue weighted by Crippen LogP contribution is 2.34. The van der Waals surface area contributed by atoms with E-state index in [0.29, 0.717) is 5.92 Å². The van der Waals surface area contributed by atoms with Crippen LogP contribution in [0.25, 0.3) is 0 Å².